The lowest BCUT2D eigenvalue weighted by Crippen LogP contribution is -2.56. The molecule has 0 saturated carbocycles. The summed E-state index contributed by atoms with van der Waals surface area (Å²) >= 11 is 0. The predicted molar refractivity (Wildman–Crippen MR) is 107 cm³/mol. The fraction of sp³-hybridized carbons (Fsp3) is 0.500. The van der Waals surface area contributed by atoms with Gasteiger partial charge in [0.2, 0.25) is 0 Å². The summed E-state index contributed by atoms with van der Waals surface area (Å²) < 4.78 is 11.3. The van der Waals surface area contributed by atoms with Crippen LogP contribution in [0.1, 0.15) is 29.8 Å². The lowest BCUT2D eigenvalue weighted by molar-refractivity contribution is 0.0286. The first-order valence-electron chi connectivity index (χ1n) is 10.3. The number of ether oxygens (including phenoxy) is 1. The summed E-state index contributed by atoms with van der Waals surface area (Å²) in [6.45, 7) is 5.57. The highest BCUT2D eigenvalue weighted by atomic mass is 16.5. The summed E-state index contributed by atoms with van der Waals surface area (Å²) in [5, 5.41) is 3.16. The van der Waals surface area contributed by atoms with Gasteiger partial charge in [-0.25, -0.2) is 0 Å². The van der Waals surface area contributed by atoms with Crippen LogP contribution in [0.3, 0.4) is 0 Å². The number of fused-ring (bicyclic) bond motifs is 3. The van der Waals surface area contributed by atoms with E-state index in [4.69, 9.17) is 9.15 Å². The molecule has 1 aromatic carbocycles. The molecule has 6 rings (SSSR count). The number of hydrogen-bond acceptors (Lipinski definition) is 5. The third-order valence-electron chi connectivity index (χ3n) is 6.30. The quantitative estimate of drug-likeness (QED) is 0.882. The van der Waals surface area contributed by atoms with Gasteiger partial charge in [-0.15, -0.1) is 0 Å². The van der Waals surface area contributed by atoms with Crippen LogP contribution in [0.2, 0.25) is 0 Å². The lowest BCUT2D eigenvalue weighted by Gasteiger charge is -2.45. The fourth-order valence-corrected chi connectivity index (χ4v) is 4.61. The van der Waals surface area contributed by atoms with Gasteiger partial charge in [0.1, 0.15) is 5.76 Å². The SMILES string of the molecule is O=C(NC1CC2CCN1CC2)c1ccc(-c2ccc(N3CCOCC3)cc2)o1. The minimum atomic E-state index is -0.117. The minimum Gasteiger partial charge on any atom is -0.451 e. The van der Waals surface area contributed by atoms with E-state index in [0.29, 0.717) is 5.76 Å². The molecular formula is C22H27N3O3. The van der Waals surface area contributed by atoms with Crippen LogP contribution in [-0.2, 0) is 4.74 Å². The predicted octanol–water partition coefficient (Wildman–Crippen LogP) is 2.95. The van der Waals surface area contributed by atoms with E-state index in [9.17, 15) is 4.79 Å². The Bertz CT molecular complexity index is 818. The first kappa shape index (κ1) is 17.8. The summed E-state index contributed by atoms with van der Waals surface area (Å²) in [4.78, 5) is 17.3. The molecule has 4 saturated heterocycles. The van der Waals surface area contributed by atoms with E-state index in [1.165, 1.54) is 18.5 Å². The molecule has 2 bridgehead atoms. The zero-order valence-corrected chi connectivity index (χ0v) is 16.1. The van der Waals surface area contributed by atoms with Gasteiger partial charge in [0.25, 0.3) is 5.91 Å². The Hall–Kier alpha value is -2.31. The smallest absolute Gasteiger partial charge is 0.288 e. The van der Waals surface area contributed by atoms with Gasteiger partial charge in [-0.2, -0.15) is 0 Å². The van der Waals surface area contributed by atoms with Gasteiger partial charge in [0.15, 0.2) is 5.76 Å². The van der Waals surface area contributed by atoms with E-state index >= 15 is 0 Å². The molecule has 1 N–H and O–H groups in total. The van der Waals surface area contributed by atoms with Crippen molar-refractivity contribution in [3.63, 3.8) is 0 Å². The molecule has 0 spiro atoms. The average Bonchev–Trinajstić information content (AvgIpc) is 3.26. The van der Waals surface area contributed by atoms with Crippen molar-refractivity contribution < 1.29 is 13.9 Å². The second-order valence-electron chi connectivity index (χ2n) is 8.01. The van der Waals surface area contributed by atoms with E-state index in [1.54, 1.807) is 6.07 Å². The van der Waals surface area contributed by atoms with Crippen LogP contribution < -0.4 is 10.2 Å². The van der Waals surface area contributed by atoms with Gasteiger partial charge in [0.05, 0.1) is 19.4 Å². The number of nitrogens with one attached hydrogen (secondary N) is 1. The topological polar surface area (TPSA) is 58.0 Å². The van der Waals surface area contributed by atoms with Crippen LogP contribution in [0.25, 0.3) is 11.3 Å². The maximum absolute atomic E-state index is 12.6. The highest BCUT2D eigenvalue weighted by molar-refractivity contribution is 5.92. The normalized spacial score (nSPS) is 27.0. The minimum absolute atomic E-state index is 0.117. The number of benzene rings is 1. The first-order valence-corrected chi connectivity index (χ1v) is 10.3. The molecule has 4 aliphatic rings. The first-order chi connectivity index (χ1) is 13.8. The maximum Gasteiger partial charge on any atom is 0.288 e. The Morgan fingerprint density at radius 2 is 1.71 bits per heavy atom. The number of amides is 1. The number of carbonyl (C=O) groups excluding carboxylic acids is 1. The van der Waals surface area contributed by atoms with Gasteiger partial charge in [-0.05, 0) is 61.6 Å². The van der Waals surface area contributed by atoms with Crippen LogP contribution in [0.15, 0.2) is 40.8 Å². The van der Waals surface area contributed by atoms with Crippen LogP contribution in [-0.4, -0.2) is 56.4 Å². The zero-order valence-electron chi connectivity index (χ0n) is 16.1. The van der Waals surface area contributed by atoms with Crippen molar-refractivity contribution in [3.05, 3.63) is 42.2 Å². The van der Waals surface area contributed by atoms with Crippen molar-refractivity contribution in [1.29, 1.82) is 0 Å². The Labute approximate surface area is 165 Å². The van der Waals surface area contributed by atoms with E-state index in [-0.39, 0.29) is 12.1 Å². The van der Waals surface area contributed by atoms with Crippen LogP contribution >= 0.6 is 0 Å². The second-order valence-corrected chi connectivity index (χ2v) is 8.01. The Balaban J connectivity index is 1.24. The molecule has 4 fully saturated rings. The van der Waals surface area contributed by atoms with Gasteiger partial charge in [-0.1, -0.05) is 0 Å². The Kier molecular flexibility index (Phi) is 4.82. The van der Waals surface area contributed by atoms with Crippen LogP contribution in [0.5, 0.6) is 0 Å². The van der Waals surface area contributed by atoms with Gasteiger partial charge in [0, 0.05) is 37.4 Å². The molecule has 1 unspecified atom stereocenters. The zero-order chi connectivity index (χ0) is 18.9. The summed E-state index contributed by atoms with van der Waals surface area (Å²) in [5.41, 5.74) is 2.18. The molecule has 1 aromatic heterocycles. The third-order valence-corrected chi connectivity index (χ3v) is 6.30. The standard InChI is InChI=1S/C22H27N3O3/c26-22(23-21-15-16-7-9-25(21)10-8-16)20-6-5-19(28-20)17-1-3-18(4-2-17)24-11-13-27-14-12-24/h1-6,16,21H,7-15H2,(H,23,26). The van der Waals surface area contributed by atoms with Crippen molar-refractivity contribution in [2.75, 3.05) is 44.3 Å². The number of nitrogens with zero attached hydrogens (tertiary/aromatic N) is 2. The molecule has 0 radical (unpaired) electrons. The second kappa shape index (κ2) is 7.60. The summed E-state index contributed by atoms with van der Waals surface area (Å²) in [6.07, 6.45) is 3.74. The summed E-state index contributed by atoms with van der Waals surface area (Å²) in [5.74, 6) is 1.75. The molecule has 1 amide bonds. The number of morpholine rings is 1. The van der Waals surface area contributed by atoms with Crippen LogP contribution in [0, 0.1) is 5.92 Å². The van der Waals surface area contributed by atoms with Crippen molar-refractivity contribution in [2.45, 2.75) is 25.4 Å². The molecular weight excluding hydrogens is 354 g/mol. The fourth-order valence-electron chi connectivity index (χ4n) is 4.61. The Morgan fingerprint density at radius 3 is 2.39 bits per heavy atom. The van der Waals surface area contributed by atoms with E-state index in [1.807, 2.05) is 6.07 Å². The molecule has 148 valence electrons. The highest BCUT2D eigenvalue weighted by Gasteiger charge is 2.34. The van der Waals surface area contributed by atoms with Gasteiger partial charge >= 0.3 is 0 Å². The van der Waals surface area contributed by atoms with Gasteiger partial charge < -0.3 is 19.4 Å². The number of furan rings is 1. The number of anilines is 1. The Morgan fingerprint density at radius 1 is 0.964 bits per heavy atom. The monoisotopic (exact) mass is 381 g/mol. The van der Waals surface area contributed by atoms with Crippen molar-refractivity contribution in [1.82, 2.24) is 10.2 Å². The molecule has 4 aliphatic heterocycles. The largest absolute Gasteiger partial charge is 0.451 e. The number of piperidine rings is 3. The third kappa shape index (κ3) is 3.54. The van der Waals surface area contributed by atoms with Crippen molar-refractivity contribution in [3.8, 4) is 11.3 Å². The van der Waals surface area contributed by atoms with E-state index in [2.05, 4.69) is 39.4 Å². The molecule has 6 nitrogen and oxygen atoms in total. The van der Waals surface area contributed by atoms with Crippen molar-refractivity contribution >= 4 is 11.6 Å². The number of rotatable bonds is 4. The molecule has 2 aromatic rings. The maximum atomic E-state index is 12.6. The van der Waals surface area contributed by atoms with Crippen molar-refractivity contribution in [2.24, 2.45) is 5.92 Å². The molecule has 6 heteroatoms. The van der Waals surface area contributed by atoms with E-state index < -0.39 is 0 Å². The molecule has 28 heavy (non-hydrogen) atoms. The summed E-state index contributed by atoms with van der Waals surface area (Å²) in [7, 11) is 0. The summed E-state index contributed by atoms with van der Waals surface area (Å²) in [6, 6.07) is 12.0. The highest BCUT2D eigenvalue weighted by Crippen LogP contribution is 2.31. The number of hydrogen-bond donors (Lipinski definition) is 1. The van der Waals surface area contributed by atoms with Gasteiger partial charge in [-0.3, -0.25) is 9.69 Å². The number of carbonyl (C=O) groups is 1. The average molecular weight is 381 g/mol. The molecule has 1 atom stereocenters. The van der Waals surface area contributed by atoms with E-state index in [0.717, 1.165) is 63.1 Å². The molecule has 0 aliphatic carbocycles. The van der Waals surface area contributed by atoms with Crippen LogP contribution in [0.4, 0.5) is 5.69 Å². The molecule has 5 heterocycles. The lowest BCUT2D eigenvalue weighted by atomic mass is 9.86.